The second kappa shape index (κ2) is 9.48. The number of carbonyl (C=O) groups is 1. The summed E-state index contributed by atoms with van der Waals surface area (Å²) in [5, 5.41) is 13.9. The quantitative estimate of drug-likeness (QED) is 0.843. The summed E-state index contributed by atoms with van der Waals surface area (Å²) in [7, 11) is 0. The molecule has 4 heteroatoms. The highest BCUT2D eigenvalue weighted by molar-refractivity contribution is 5.53. The van der Waals surface area contributed by atoms with Gasteiger partial charge in [-0.2, -0.15) is 0 Å². The Morgan fingerprint density at radius 2 is 1.67 bits per heavy atom. The highest BCUT2D eigenvalue weighted by Gasteiger charge is 2.04. The number of carboxylic acid groups (broad SMARTS) is 2. The Hall–Kier alpha value is -1.55. The smallest absolute Gasteiger partial charge is 0.450 e. The molecule has 1 unspecified atom stereocenters. The maximum absolute atomic E-state index is 8.56. The van der Waals surface area contributed by atoms with E-state index in [9.17, 15) is 0 Å². The van der Waals surface area contributed by atoms with Crippen molar-refractivity contribution in [1.82, 2.24) is 0 Å². The number of benzene rings is 1. The Morgan fingerprint density at radius 1 is 1.17 bits per heavy atom. The van der Waals surface area contributed by atoms with Gasteiger partial charge in [-0.05, 0) is 24.8 Å². The minimum atomic E-state index is -1.83. The van der Waals surface area contributed by atoms with Gasteiger partial charge in [0.15, 0.2) is 0 Å². The summed E-state index contributed by atoms with van der Waals surface area (Å²) in [6, 6.07) is 10.5. The third-order valence-electron chi connectivity index (χ3n) is 2.08. The second-order valence-corrected chi connectivity index (χ2v) is 4.51. The van der Waals surface area contributed by atoms with Crippen LogP contribution in [0.5, 0.6) is 0 Å². The summed E-state index contributed by atoms with van der Waals surface area (Å²) in [4.78, 5) is 8.56. The Morgan fingerprint density at radius 3 is 2.11 bits per heavy atom. The number of ether oxygens (including phenoxy) is 1. The van der Waals surface area contributed by atoms with Gasteiger partial charge in [0.2, 0.25) is 0 Å². The molecule has 1 rings (SSSR count). The molecule has 0 heterocycles. The van der Waals surface area contributed by atoms with Crippen LogP contribution in [0.25, 0.3) is 0 Å². The summed E-state index contributed by atoms with van der Waals surface area (Å²) < 4.78 is 5.71. The van der Waals surface area contributed by atoms with Gasteiger partial charge < -0.3 is 14.9 Å². The molecule has 18 heavy (non-hydrogen) atoms. The lowest BCUT2D eigenvalue weighted by atomic mass is 10.1. The molecule has 2 N–H and O–H groups in total. The fraction of sp³-hybridized carbons (Fsp3) is 0.500. The van der Waals surface area contributed by atoms with Crippen molar-refractivity contribution in [2.45, 2.75) is 33.3 Å². The predicted molar refractivity (Wildman–Crippen MR) is 71.1 cm³/mol. The van der Waals surface area contributed by atoms with Crippen LogP contribution in [-0.4, -0.2) is 29.1 Å². The molecule has 0 amide bonds. The zero-order valence-electron chi connectivity index (χ0n) is 11.2. The maximum atomic E-state index is 8.56. The van der Waals surface area contributed by atoms with Crippen molar-refractivity contribution in [1.29, 1.82) is 0 Å². The van der Waals surface area contributed by atoms with Crippen LogP contribution in [0.2, 0.25) is 0 Å². The molecule has 1 atom stereocenters. The van der Waals surface area contributed by atoms with Crippen molar-refractivity contribution in [3.8, 4) is 0 Å². The molecule has 0 aromatic heterocycles. The van der Waals surface area contributed by atoms with E-state index in [1.165, 1.54) is 5.56 Å². The molecule has 4 nitrogen and oxygen atoms in total. The molecule has 1 aromatic rings. The van der Waals surface area contributed by atoms with Crippen LogP contribution >= 0.6 is 0 Å². The van der Waals surface area contributed by atoms with Crippen LogP contribution in [0.1, 0.15) is 26.3 Å². The van der Waals surface area contributed by atoms with Gasteiger partial charge in [0.05, 0.1) is 6.10 Å². The molecule has 0 saturated carbocycles. The van der Waals surface area contributed by atoms with Crippen LogP contribution in [0.3, 0.4) is 0 Å². The Labute approximate surface area is 108 Å². The van der Waals surface area contributed by atoms with Crippen molar-refractivity contribution in [3.05, 3.63) is 35.9 Å². The van der Waals surface area contributed by atoms with E-state index in [2.05, 4.69) is 45.0 Å². The third kappa shape index (κ3) is 11.0. The first kappa shape index (κ1) is 16.4. The Kier molecular flexibility index (Phi) is 8.66. The first-order valence-electron chi connectivity index (χ1n) is 5.99. The van der Waals surface area contributed by atoms with Crippen LogP contribution in [0.4, 0.5) is 4.79 Å². The fourth-order valence-corrected chi connectivity index (χ4v) is 1.36. The minimum absolute atomic E-state index is 0.319. The second-order valence-electron chi connectivity index (χ2n) is 4.51. The molecule has 0 aliphatic carbocycles. The zero-order chi connectivity index (χ0) is 14.0. The molecule has 0 aliphatic rings. The van der Waals surface area contributed by atoms with Gasteiger partial charge in [-0.15, -0.1) is 0 Å². The molecule has 0 radical (unpaired) electrons. The lowest BCUT2D eigenvalue weighted by Gasteiger charge is -2.14. The maximum Gasteiger partial charge on any atom is 0.503 e. The Balaban J connectivity index is 0.000000631. The largest absolute Gasteiger partial charge is 0.503 e. The predicted octanol–water partition coefficient (Wildman–Crippen LogP) is 3.51. The molecule has 0 saturated heterocycles. The normalized spacial score (nSPS) is 11.6. The SMILES string of the molecule is CC(C)COC(C)Cc1ccccc1.O=C(O)O. The monoisotopic (exact) mass is 254 g/mol. The lowest BCUT2D eigenvalue weighted by Crippen LogP contribution is -2.15. The minimum Gasteiger partial charge on any atom is -0.450 e. The third-order valence-corrected chi connectivity index (χ3v) is 2.08. The van der Waals surface area contributed by atoms with Gasteiger partial charge in [-0.1, -0.05) is 44.2 Å². The van der Waals surface area contributed by atoms with Crippen molar-refractivity contribution >= 4 is 6.16 Å². The van der Waals surface area contributed by atoms with E-state index in [1.54, 1.807) is 0 Å². The summed E-state index contributed by atoms with van der Waals surface area (Å²) in [6.45, 7) is 7.34. The van der Waals surface area contributed by atoms with Crippen molar-refractivity contribution in [2.75, 3.05) is 6.61 Å². The number of rotatable bonds is 5. The molecular formula is C14H22O4. The van der Waals surface area contributed by atoms with Gasteiger partial charge in [-0.25, -0.2) is 4.79 Å². The van der Waals surface area contributed by atoms with E-state index < -0.39 is 6.16 Å². The number of hydrogen-bond acceptors (Lipinski definition) is 2. The van der Waals surface area contributed by atoms with Gasteiger partial charge in [0.1, 0.15) is 0 Å². The Bertz CT molecular complexity index is 318. The molecule has 102 valence electrons. The van der Waals surface area contributed by atoms with E-state index in [-0.39, 0.29) is 0 Å². The topological polar surface area (TPSA) is 66.8 Å². The first-order valence-corrected chi connectivity index (χ1v) is 5.99. The van der Waals surface area contributed by atoms with Crippen molar-refractivity contribution < 1.29 is 19.7 Å². The van der Waals surface area contributed by atoms with E-state index in [1.807, 2.05) is 6.07 Å². The van der Waals surface area contributed by atoms with E-state index in [0.29, 0.717) is 12.0 Å². The zero-order valence-corrected chi connectivity index (χ0v) is 11.2. The fourth-order valence-electron chi connectivity index (χ4n) is 1.36. The van der Waals surface area contributed by atoms with Gasteiger partial charge in [0, 0.05) is 6.61 Å². The van der Waals surface area contributed by atoms with Gasteiger partial charge in [-0.3, -0.25) is 0 Å². The van der Waals surface area contributed by atoms with E-state index in [0.717, 1.165) is 13.0 Å². The van der Waals surface area contributed by atoms with Crippen LogP contribution in [-0.2, 0) is 11.2 Å². The molecule has 0 spiro atoms. The molecule has 0 bridgehead atoms. The van der Waals surface area contributed by atoms with Crippen molar-refractivity contribution in [2.24, 2.45) is 5.92 Å². The molecule has 0 fully saturated rings. The summed E-state index contributed by atoms with van der Waals surface area (Å²) >= 11 is 0. The summed E-state index contributed by atoms with van der Waals surface area (Å²) in [6.07, 6.45) is -0.507. The molecule has 0 aliphatic heterocycles. The van der Waals surface area contributed by atoms with Gasteiger partial charge in [0.25, 0.3) is 0 Å². The standard InChI is InChI=1S/C13H20O.CH2O3/c1-11(2)10-14-12(3)9-13-7-5-4-6-8-13;2-1(3)4/h4-8,11-12H,9-10H2,1-3H3;(H2,2,3,4). The van der Waals surface area contributed by atoms with Crippen LogP contribution in [0.15, 0.2) is 30.3 Å². The van der Waals surface area contributed by atoms with Crippen molar-refractivity contribution in [3.63, 3.8) is 0 Å². The van der Waals surface area contributed by atoms with Crippen LogP contribution < -0.4 is 0 Å². The van der Waals surface area contributed by atoms with E-state index in [4.69, 9.17) is 19.7 Å². The highest BCUT2D eigenvalue weighted by Crippen LogP contribution is 2.06. The molecular weight excluding hydrogens is 232 g/mol. The highest BCUT2D eigenvalue weighted by atomic mass is 16.6. The first-order chi connectivity index (χ1) is 8.41. The average molecular weight is 254 g/mol. The number of hydrogen-bond donors (Lipinski definition) is 2. The molecule has 1 aromatic carbocycles. The lowest BCUT2D eigenvalue weighted by molar-refractivity contribution is 0.0480. The summed E-state index contributed by atoms with van der Waals surface area (Å²) in [5.41, 5.74) is 1.35. The average Bonchev–Trinajstić information content (AvgIpc) is 2.27. The van der Waals surface area contributed by atoms with E-state index >= 15 is 0 Å². The van der Waals surface area contributed by atoms with Gasteiger partial charge >= 0.3 is 6.16 Å². The summed E-state index contributed by atoms with van der Waals surface area (Å²) in [5.74, 6) is 0.619. The van der Waals surface area contributed by atoms with Crippen LogP contribution in [0, 0.1) is 5.92 Å².